The second-order valence-corrected chi connectivity index (χ2v) is 21.6. The first kappa shape index (κ1) is 45.7. The molecule has 2 aliphatic carbocycles. The molecule has 7 heterocycles. The summed E-state index contributed by atoms with van der Waals surface area (Å²) in [5.74, 6) is 0.900. The molecule has 366 valence electrons. The van der Waals surface area contributed by atoms with Crippen LogP contribution in [0.1, 0.15) is 119 Å². The molecule has 0 bridgehead atoms. The number of piperidine rings is 1. The van der Waals surface area contributed by atoms with Gasteiger partial charge in [-0.3, -0.25) is 14.2 Å². The van der Waals surface area contributed by atoms with E-state index in [2.05, 4.69) is 38.2 Å². The first-order valence-electron chi connectivity index (χ1n) is 24.2. The predicted octanol–water partition coefficient (Wildman–Crippen LogP) is 8.98. The third-order valence-electron chi connectivity index (χ3n) is 15.0. The van der Waals surface area contributed by atoms with Gasteiger partial charge in [0.25, 0.3) is 0 Å². The van der Waals surface area contributed by atoms with Crippen molar-refractivity contribution in [3.05, 3.63) is 82.3 Å². The molecule has 4 amide bonds. The molecule has 3 aliphatic heterocycles. The van der Waals surface area contributed by atoms with Crippen LogP contribution in [-0.4, -0.2) is 102 Å². The van der Waals surface area contributed by atoms with Crippen molar-refractivity contribution in [1.29, 1.82) is 0 Å². The predicted molar refractivity (Wildman–Crippen MR) is 258 cm³/mol. The molecule has 17 nitrogen and oxygen atoms in total. The van der Waals surface area contributed by atoms with E-state index in [9.17, 15) is 19.2 Å². The molecule has 70 heavy (non-hydrogen) atoms. The van der Waals surface area contributed by atoms with Crippen molar-refractivity contribution in [2.45, 2.75) is 115 Å². The summed E-state index contributed by atoms with van der Waals surface area (Å²) in [6, 6.07) is 9.30. The van der Waals surface area contributed by atoms with Crippen molar-refractivity contribution in [1.82, 2.24) is 49.9 Å². The number of ether oxygens (including phenoxy) is 3. The minimum absolute atomic E-state index is 0.0303. The fraction of sp³-hybridized carbons (Fsp3) is 0.471. The number of hydrogen-bond acceptors (Lipinski definition) is 11. The van der Waals surface area contributed by atoms with E-state index in [-0.39, 0.29) is 47.2 Å². The Balaban J connectivity index is 0.912. The van der Waals surface area contributed by atoms with Crippen LogP contribution in [-0.2, 0) is 19.1 Å². The van der Waals surface area contributed by atoms with Gasteiger partial charge in [0.05, 0.1) is 76.7 Å². The van der Waals surface area contributed by atoms with E-state index >= 15 is 4.39 Å². The summed E-state index contributed by atoms with van der Waals surface area (Å²) in [5.41, 5.74) is 4.57. The number of methoxy groups -OCH3 is 2. The second kappa shape index (κ2) is 17.3. The number of H-pyrrole nitrogens is 2. The van der Waals surface area contributed by atoms with Crippen LogP contribution in [0, 0.1) is 23.1 Å². The van der Waals surface area contributed by atoms with Gasteiger partial charge in [-0.1, -0.05) is 40.7 Å². The average molecular weight is 973 g/mol. The molecular weight excluding hydrogens is 916 g/mol. The smallest absolute Gasteiger partial charge is 0.407 e. The van der Waals surface area contributed by atoms with E-state index < -0.39 is 36.3 Å². The van der Waals surface area contributed by atoms with Crippen molar-refractivity contribution in [3.8, 4) is 39.5 Å². The quantitative estimate of drug-likeness (QED) is 0.0917. The van der Waals surface area contributed by atoms with E-state index in [1.807, 2.05) is 63.1 Å². The van der Waals surface area contributed by atoms with Crippen LogP contribution in [0.4, 0.5) is 14.0 Å². The molecule has 0 spiro atoms. The fourth-order valence-electron chi connectivity index (χ4n) is 10.9. The zero-order chi connectivity index (χ0) is 48.9. The summed E-state index contributed by atoms with van der Waals surface area (Å²) in [7, 11) is 2.56. The Morgan fingerprint density at radius 2 is 1.50 bits per heavy atom. The molecule has 19 heteroatoms. The summed E-state index contributed by atoms with van der Waals surface area (Å²) in [6.07, 6.45) is 8.67. The molecule has 0 radical (unpaired) electrons. The van der Waals surface area contributed by atoms with Gasteiger partial charge < -0.3 is 44.6 Å². The Hall–Kier alpha value is -6.76. The maximum absolute atomic E-state index is 17.0. The van der Waals surface area contributed by atoms with Crippen LogP contribution in [0.3, 0.4) is 0 Å². The van der Waals surface area contributed by atoms with Gasteiger partial charge >= 0.3 is 12.2 Å². The number of fused-ring (bicyclic) bond motifs is 6. The lowest BCUT2D eigenvalue weighted by atomic mass is 10.00. The number of amides is 4. The molecule has 4 aromatic heterocycles. The number of alkyl carbamates (subject to hydrolysis) is 2. The zero-order valence-electron chi connectivity index (χ0n) is 40.2. The minimum atomic E-state index is -0.773. The zero-order valence-corrected chi connectivity index (χ0v) is 41.0. The minimum Gasteiger partial charge on any atom is -0.464 e. The summed E-state index contributed by atoms with van der Waals surface area (Å²) < 4.78 is 35.5. The molecule has 11 rings (SSSR count). The van der Waals surface area contributed by atoms with Crippen molar-refractivity contribution in [2.24, 2.45) is 17.3 Å². The molecule has 5 aliphatic rings. The summed E-state index contributed by atoms with van der Waals surface area (Å²) in [6.45, 7) is 10.3. The molecule has 2 saturated carbocycles. The number of rotatable bonds is 12. The van der Waals surface area contributed by atoms with E-state index in [0.717, 1.165) is 64.1 Å². The third-order valence-corrected chi connectivity index (χ3v) is 16.2. The number of hydrogen-bond donors (Lipinski definition) is 4. The number of imidazole rings is 2. The first-order valence-corrected chi connectivity index (χ1v) is 25.0. The van der Waals surface area contributed by atoms with Crippen LogP contribution in [0.25, 0.3) is 44.7 Å². The standard InChI is InChI=1S/C51H57FN10O7S/c1-24(2)41(58-49(65)67-6)46(63)60-14-8-9-34(60)43-53-22-32(57-43)28-16-30(52)40-35-17-29-15-27(12-13-33(29)61(35)48(69-37(40)18-28)38-23-55-45(70-38)26-10-11-26)31-21-54-44(56-31)36-19-51(5)20-39(51)62(36)47(64)42(25(3)4)59-50(66)68-7/h12-13,15-18,21-26,34,36,39,41-42,48H,8-11,14,19-20H2,1-7H3,(H,53,57)(H,54,56)(H,58,65)(H,59,66)/t34-,36-,39?,41?,42?,48?,51?/m0/s1. The Morgan fingerprint density at radius 3 is 2.17 bits per heavy atom. The Morgan fingerprint density at radius 1 is 0.829 bits per heavy atom. The molecule has 2 aromatic carbocycles. The lowest BCUT2D eigenvalue weighted by molar-refractivity contribution is -0.137. The lowest BCUT2D eigenvalue weighted by Gasteiger charge is -2.31. The van der Waals surface area contributed by atoms with E-state index in [0.29, 0.717) is 58.8 Å². The van der Waals surface area contributed by atoms with Gasteiger partial charge in [0.15, 0.2) is 0 Å². The number of thiazole rings is 1. The highest BCUT2D eigenvalue weighted by molar-refractivity contribution is 7.11. The Bertz CT molecular complexity index is 3060. The normalized spacial score (nSPS) is 23.2. The Kier molecular flexibility index (Phi) is 11.3. The largest absolute Gasteiger partial charge is 0.464 e. The highest BCUT2D eigenvalue weighted by Gasteiger charge is 2.64. The van der Waals surface area contributed by atoms with E-state index in [4.69, 9.17) is 29.2 Å². The molecule has 4 N–H and O–H groups in total. The molecule has 6 aromatic rings. The number of carbonyl (C=O) groups is 4. The summed E-state index contributed by atoms with van der Waals surface area (Å²) in [5, 5.41) is 7.39. The number of likely N-dealkylation sites (tertiary alicyclic amines) is 2. The lowest BCUT2D eigenvalue weighted by Crippen LogP contribution is -2.52. The Labute approximate surface area is 407 Å². The van der Waals surface area contributed by atoms with Crippen molar-refractivity contribution in [2.75, 3.05) is 20.8 Å². The van der Waals surface area contributed by atoms with Gasteiger partial charge in [-0.15, -0.1) is 11.3 Å². The molecule has 7 atom stereocenters. The van der Waals surface area contributed by atoms with Gasteiger partial charge in [0.2, 0.25) is 18.0 Å². The number of aromatic nitrogens is 6. The summed E-state index contributed by atoms with van der Waals surface area (Å²) in [4.78, 5) is 78.3. The van der Waals surface area contributed by atoms with Gasteiger partial charge in [0.1, 0.15) is 35.3 Å². The van der Waals surface area contributed by atoms with Crippen LogP contribution >= 0.6 is 11.3 Å². The second-order valence-electron chi connectivity index (χ2n) is 20.5. The van der Waals surface area contributed by atoms with Gasteiger partial charge in [-0.2, -0.15) is 0 Å². The van der Waals surface area contributed by atoms with Crippen LogP contribution in [0.5, 0.6) is 5.75 Å². The van der Waals surface area contributed by atoms with Gasteiger partial charge in [0, 0.05) is 41.2 Å². The highest BCUT2D eigenvalue weighted by atomic mass is 32.1. The van der Waals surface area contributed by atoms with E-state index in [1.165, 1.54) is 20.3 Å². The monoisotopic (exact) mass is 972 g/mol. The number of nitrogens with one attached hydrogen (secondary N) is 4. The van der Waals surface area contributed by atoms with Crippen LogP contribution < -0.4 is 15.4 Å². The van der Waals surface area contributed by atoms with Gasteiger partial charge in [-0.25, -0.2) is 28.9 Å². The molecule has 2 saturated heterocycles. The average Bonchev–Trinajstić information content (AvgIpc) is 3.81. The van der Waals surface area contributed by atoms with E-state index in [1.54, 1.807) is 28.6 Å². The van der Waals surface area contributed by atoms with Crippen molar-refractivity contribution < 1.29 is 37.8 Å². The number of nitrogens with zero attached hydrogens (tertiary/aromatic N) is 6. The SMILES string of the molecule is COC(=O)NC(C(=O)N1CCC[C@H]1c1ncc(-c2cc(F)c3c(c2)OC(c2cnc(C4CC4)s2)n2c-3cc3cc(-c4cnc([C@@H]5CC6(C)CC6N5C(=O)C(NC(=O)OC)C(C)C)[nH]4)ccc32)[nH]1)C(C)C. The fourth-order valence-corrected chi connectivity index (χ4v) is 12.0. The first-order chi connectivity index (χ1) is 33.6. The molecular formula is C51H57FN10O7S. The topological polar surface area (TPSA) is 202 Å². The van der Waals surface area contributed by atoms with Crippen molar-refractivity contribution >= 4 is 46.2 Å². The van der Waals surface area contributed by atoms with Crippen LogP contribution in [0.15, 0.2) is 55.0 Å². The van der Waals surface area contributed by atoms with Crippen molar-refractivity contribution in [3.63, 3.8) is 0 Å². The number of aromatic amines is 2. The number of benzene rings is 2. The third kappa shape index (κ3) is 7.85. The molecule has 5 unspecified atom stereocenters. The summed E-state index contributed by atoms with van der Waals surface area (Å²) >= 11 is 1.62. The number of carbonyl (C=O) groups excluding carboxylic acids is 4. The maximum atomic E-state index is 17.0. The van der Waals surface area contributed by atoms with Crippen LogP contribution in [0.2, 0.25) is 0 Å². The highest BCUT2D eigenvalue weighted by Crippen LogP contribution is 2.63. The van der Waals surface area contributed by atoms with Gasteiger partial charge in [-0.05, 0) is 86.1 Å². The number of halogens is 1. The molecule has 4 fully saturated rings. The maximum Gasteiger partial charge on any atom is 0.407 e.